The highest BCUT2D eigenvalue weighted by molar-refractivity contribution is 5.95. The van der Waals surface area contributed by atoms with Crippen LogP contribution in [0.2, 0.25) is 0 Å². The number of amides is 2. The third-order valence-electron chi connectivity index (χ3n) is 2.81. The SMILES string of the molecule is COC(=O)CC[C@@H](C(C)=O)N(C(=O)OC(C)(C)C)C(=O)OC(C)(C)C. The number of hydrogen-bond donors (Lipinski definition) is 0. The molecule has 0 aliphatic rings. The van der Waals surface area contributed by atoms with Crippen LogP contribution in [0.4, 0.5) is 9.59 Å². The van der Waals surface area contributed by atoms with Crippen molar-refractivity contribution in [2.75, 3.05) is 7.11 Å². The molecule has 0 heterocycles. The predicted molar refractivity (Wildman–Crippen MR) is 90.0 cm³/mol. The molecule has 0 rings (SSSR count). The van der Waals surface area contributed by atoms with Crippen LogP contribution in [0.3, 0.4) is 0 Å². The van der Waals surface area contributed by atoms with Crippen molar-refractivity contribution in [3.63, 3.8) is 0 Å². The van der Waals surface area contributed by atoms with Crippen molar-refractivity contribution >= 4 is 23.9 Å². The van der Waals surface area contributed by atoms with Crippen molar-refractivity contribution in [1.82, 2.24) is 4.90 Å². The lowest BCUT2D eigenvalue weighted by atomic mass is 10.1. The Balaban J connectivity index is 5.63. The van der Waals surface area contributed by atoms with E-state index in [0.717, 1.165) is 0 Å². The van der Waals surface area contributed by atoms with Gasteiger partial charge in [-0.2, -0.15) is 0 Å². The van der Waals surface area contributed by atoms with E-state index in [1.807, 2.05) is 0 Å². The first kappa shape index (κ1) is 22.9. The van der Waals surface area contributed by atoms with Crippen molar-refractivity contribution < 1.29 is 33.4 Å². The summed E-state index contributed by atoms with van der Waals surface area (Å²) in [5.41, 5.74) is -1.75. The number of hydrogen-bond acceptors (Lipinski definition) is 7. The smallest absolute Gasteiger partial charge is 0.420 e. The van der Waals surface area contributed by atoms with Crippen LogP contribution >= 0.6 is 0 Å². The van der Waals surface area contributed by atoms with Gasteiger partial charge in [0.2, 0.25) is 0 Å². The third-order valence-corrected chi connectivity index (χ3v) is 2.81. The Hall–Kier alpha value is -2.12. The van der Waals surface area contributed by atoms with Crippen molar-refractivity contribution in [3.05, 3.63) is 0 Å². The van der Waals surface area contributed by atoms with Gasteiger partial charge >= 0.3 is 18.2 Å². The van der Waals surface area contributed by atoms with E-state index in [4.69, 9.17) is 9.47 Å². The first-order valence-corrected chi connectivity index (χ1v) is 8.00. The quantitative estimate of drug-likeness (QED) is 0.549. The van der Waals surface area contributed by atoms with Gasteiger partial charge in [-0.15, -0.1) is 0 Å². The fourth-order valence-electron chi connectivity index (χ4n) is 1.82. The van der Waals surface area contributed by atoms with Crippen LogP contribution in [0.25, 0.3) is 0 Å². The Bertz CT molecular complexity index is 486. The largest absolute Gasteiger partial charge is 0.469 e. The Labute approximate surface area is 148 Å². The van der Waals surface area contributed by atoms with Crippen molar-refractivity contribution in [2.45, 2.75) is 78.6 Å². The van der Waals surface area contributed by atoms with E-state index in [-0.39, 0.29) is 12.8 Å². The summed E-state index contributed by atoms with van der Waals surface area (Å²) in [7, 11) is 1.21. The van der Waals surface area contributed by atoms with Gasteiger partial charge in [0, 0.05) is 6.42 Å². The van der Waals surface area contributed by atoms with Gasteiger partial charge in [0.15, 0.2) is 5.78 Å². The van der Waals surface area contributed by atoms with Crippen LogP contribution < -0.4 is 0 Å². The zero-order valence-corrected chi connectivity index (χ0v) is 16.3. The second-order valence-electron chi connectivity index (χ2n) is 7.57. The fraction of sp³-hybridized carbons (Fsp3) is 0.765. The number of Topliss-reactive ketones (excluding diaryl/α,β-unsaturated/α-hetero) is 1. The Kier molecular flexibility index (Phi) is 8.08. The van der Waals surface area contributed by atoms with Gasteiger partial charge in [0.05, 0.1) is 7.11 Å². The molecule has 0 saturated carbocycles. The minimum absolute atomic E-state index is 0.0828. The Morgan fingerprint density at radius 1 is 0.880 bits per heavy atom. The molecule has 0 spiro atoms. The molecule has 0 unspecified atom stereocenters. The number of imide groups is 1. The second-order valence-corrected chi connectivity index (χ2v) is 7.57. The van der Waals surface area contributed by atoms with E-state index in [2.05, 4.69) is 4.74 Å². The van der Waals surface area contributed by atoms with Crippen molar-refractivity contribution in [3.8, 4) is 0 Å². The van der Waals surface area contributed by atoms with E-state index in [0.29, 0.717) is 4.90 Å². The van der Waals surface area contributed by atoms with Crippen LogP contribution in [0.5, 0.6) is 0 Å². The molecule has 0 radical (unpaired) electrons. The summed E-state index contributed by atoms with van der Waals surface area (Å²) in [6.45, 7) is 11.0. The van der Waals surface area contributed by atoms with Crippen LogP contribution in [-0.2, 0) is 23.8 Å². The minimum Gasteiger partial charge on any atom is -0.469 e. The summed E-state index contributed by atoms with van der Waals surface area (Å²) >= 11 is 0. The molecular weight excluding hydrogens is 330 g/mol. The lowest BCUT2D eigenvalue weighted by Gasteiger charge is -2.32. The Morgan fingerprint density at radius 3 is 1.56 bits per heavy atom. The molecule has 0 fully saturated rings. The van der Waals surface area contributed by atoms with E-state index < -0.39 is 41.2 Å². The predicted octanol–water partition coefficient (Wildman–Crippen LogP) is 3.07. The third kappa shape index (κ3) is 9.07. The molecular formula is C17H29NO7. The maximum absolute atomic E-state index is 12.5. The van der Waals surface area contributed by atoms with Gasteiger partial charge < -0.3 is 14.2 Å². The molecule has 0 bridgehead atoms. The van der Waals surface area contributed by atoms with Gasteiger partial charge in [-0.3, -0.25) is 9.59 Å². The average Bonchev–Trinajstić information content (AvgIpc) is 2.37. The average molecular weight is 359 g/mol. The highest BCUT2D eigenvalue weighted by Gasteiger charge is 2.38. The fourth-order valence-corrected chi connectivity index (χ4v) is 1.82. The number of ketones is 1. The number of carbonyl (C=O) groups excluding carboxylic acids is 4. The normalized spacial score (nSPS) is 12.8. The van der Waals surface area contributed by atoms with E-state index in [9.17, 15) is 19.2 Å². The summed E-state index contributed by atoms with van der Waals surface area (Å²) in [6, 6.07) is -1.19. The first-order valence-electron chi connectivity index (χ1n) is 8.00. The van der Waals surface area contributed by atoms with Crippen molar-refractivity contribution in [2.24, 2.45) is 0 Å². The summed E-state index contributed by atoms with van der Waals surface area (Å²) in [4.78, 5) is 49.0. The van der Waals surface area contributed by atoms with E-state index in [1.54, 1.807) is 41.5 Å². The topological polar surface area (TPSA) is 99.2 Å². The van der Waals surface area contributed by atoms with Crippen LogP contribution in [-0.4, -0.2) is 53.2 Å². The molecule has 144 valence electrons. The number of nitrogens with zero attached hydrogens (tertiary/aromatic N) is 1. The van der Waals surface area contributed by atoms with Gasteiger partial charge in [-0.25, -0.2) is 14.5 Å². The minimum atomic E-state index is -1.19. The molecule has 25 heavy (non-hydrogen) atoms. The molecule has 1 atom stereocenters. The van der Waals surface area contributed by atoms with Gasteiger partial charge in [-0.1, -0.05) is 0 Å². The van der Waals surface area contributed by atoms with E-state index in [1.165, 1.54) is 14.0 Å². The molecule has 8 nitrogen and oxygen atoms in total. The lowest BCUT2D eigenvalue weighted by Crippen LogP contribution is -2.51. The highest BCUT2D eigenvalue weighted by atomic mass is 16.6. The zero-order chi connectivity index (χ0) is 20.0. The van der Waals surface area contributed by atoms with Gasteiger partial charge in [0.1, 0.15) is 17.2 Å². The molecule has 0 aliphatic carbocycles. The number of methoxy groups -OCH3 is 1. The summed E-state index contributed by atoms with van der Waals surface area (Å²) in [6.07, 6.45) is -2.23. The highest BCUT2D eigenvalue weighted by Crippen LogP contribution is 2.19. The second kappa shape index (κ2) is 8.82. The van der Waals surface area contributed by atoms with Gasteiger partial charge in [-0.05, 0) is 54.9 Å². The molecule has 0 saturated heterocycles. The molecule has 0 aromatic carbocycles. The maximum atomic E-state index is 12.5. The first-order chi connectivity index (χ1) is 11.2. The summed E-state index contributed by atoms with van der Waals surface area (Å²) in [5.74, 6) is -1.03. The molecule has 0 aromatic rings. The summed E-state index contributed by atoms with van der Waals surface area (Å²) < 4.78 is 15.0. The Morgan fingerprint density at radius 2 is 1.28 bits per heavy atom. The number of rotatable bonds is 5. The molecule has 2 amide bonds. The lowest BCUT2D eigenvalue weighted by molar-refractivity contribution is -0.141. The van der Waals surface area contributed by atoms with Crippen LogP contribution in [0.1, 0.15) is 61.3 Å². The molecule has 0 aliphatic heterocycles. The maximum Gasteiger partial charge on any atom is 0.420 e. The van der Waals surface area contributed by atoms with Gasteiger partial charge in [0.25, 0.3) is 0 Å². The monoisotopic (exact) mass is 359 g/mol. The van der Waals surface area contributed by atoms with Crippen molar-refractivity contribution in [1.29, 1.82) is 0 Å². The number of esters is 1. The van der Waals surface area contributed by atoms with Crippen LogP contribution in [0.15, 0.2) is 0 Å². The van der Waals surface area contributed by atoms with E-state index >= 15 is 0 Å². The number of ether oxygens (including phenoxy) is 3. The molecule has 0 aromatic heterocycles. The molecule has 8 heteroatoms. The molecule has 0 N–H and O–H groups in total. The van der Waals surface area contributed by atoms with Crippen LogP contribution in [0, 0.1) is 0 Å². The number of carbonyl (C=O) groups is 4. The standard InChI is InChI=1S/C17H29NO7/c1-11(19)12(9-10-13(20)23-8)18(14(21)24-16(2,3)4)15(22)25-17(5,6)7/h12H,9-10H2,1-8H3/t12-/m0/s1. The summed E-state index contributed by atoms with van der Waals surface area (Å²) in [5, 5.41) is 0. The zero-order valence-electron chi connectivity index (χ0n) is 16.3.